The summed E-state index contributed by atoms with van der Waals surface area (Å²) >= 11 is 0. The van der Waals surface area contributed by atoms with Crippen LogP contribution in [0.2, 0.25) is 0 Å². The van der Waals surface area contributed by atoms with E-state index in [4.69, 9.17) is 5.73 Å². The maximum atomic E-state index is 5.39. The van der Waals surface area contributed by atoms with E-state index >= 15 is 0 Å². The van der Waals surface area contributed by atoms with E-state index < -0.39 is 0 Å². The SMILES string of the molecule is NCCCCc1ccccc1.O. The Bertz CT molecular complexity index is 186. The second kappa shape index (κ2) is 6.83. The Morgan fingerprint density at radius 2 is 1.67 bits per heavy atom. The second-order valence-corrected chi connectivity index (χ2v) is 2.73. The average molecular weight is 167 g/mol. The molecule has 0 aliphatic carbocycles. The van der Waals surface area contributed by atoms with Gasteiger partial charge in [-0.1, -0.05) is 30.3 Å². The molecule has 0 radical (unpaired) electrons. The largest absolute Gasteiger partial charge is 0.412 e. The van der Waals surface area contributed by atoms with Gasteiger partial charge in [0.2, 0.25) is 0 Å². The summed E-state index contributed by atoms with van der Waals surface area (Å²) in [6.07, 6.45) is 3.51. The van der Waals surface area contributed by atoms with Crippen molar-refractivity contribution in [3.8, 4) is 0 Å². The number of rotatable bonds is 4. The molecule has 2 nitrogen and oxygen atoms in total. The lowest BCUT2D eigenvalue weighted by atomic mass is 10.1. The molecule has 0 fully saturated rings. The monoisotopic (exact) mass is 167 g/mol. The molecule has 1 aromatic carbocycles. The highest BCUT2D eigenvalue weighted by molar-refractivity contribution is 5.14. The van der Waals surface area contributed by atoms with E-state index in [0.717, 1.165) is 19.4 Å². The predicted octanol–water partition coefficient (Wildman–Crippen LogP) is 1.14. The van der Waals surface area contributed by atoms with Gasteiger partial charge in [0.25, 0.3) is 0 Å². The number of benzene rings is 1. The first-order valence-corrected chi connectivity index (χ1v) is 4.17. The third-order valence-corrected chi connectivity index (χ3v) is 1.76. The molecule has 0 aliphatic heterocycles. The van der Waals surface area contributed by atoms with Gasteiger partial charge in [0.05, 0.1) is 0 Å². The average Bonchev–Trinajstić information content (AvgIpc) is 2.07. The molecule has 0 amide bonds. The summed E-state index contributed by atoms with van der Waals surface area (Å²) in [4.78, 5) is 0. The van der Waals surface area contributed by atoms with E-state index in [1.807, 2.05) is 6.07 Å². The maximum absolute atomic E-state index is 5.39. The smallest absolute Gasteiger partial charge is 0.00772 e. The molecule has 0 unspecified atom stereocenters. The number of hydrogen-bond acceptors (Lipinski definition) is 1. The molecule has 0 bridgehead atoms. The van der Waals surface area contributed by atoms with E-state index in [1.54, 1.807) is 0 Å². The summed E-state index contributed by atoms with van der Waals surface area (Å²) in [5.41, 5.74) is 6.81. The van der Waals surface area contributed by atoms with Crippen molar-refractivity contribution in [2.75, 3.05) is 6.54 Å². The van der Waals surface area contributed by atoms with Crippen LogP contribution in [0.15, 0.2) is 30.3 Å². The molecule has 0 spiro atoms. The Labute approximate surface area is 73.7 Å². The van der Waals surface area contributed by atoms with Crippen LogP contribution in [0.3, 0.4) is 0 Å². The standard InChI is InChI=1S/C10H15N.H2O/c11-9-5-4-8-10-6-2-1-3-7-10;/h1-3,6-7H,4-5,8-9,11H2;1H2. The molecule has 4 N–H and O–H groups in total. The van der Waals surface area contributed by atoms with Crippen LogP contribution in [-0.2, 0) is 6.42 Å². The summed E-state index contributed by atoms with van der Waals surface area (Å²) in [6.45, 7) is 0.812. The van der Waals surface area contributed by atoms with Crippen molar-refractivity contribution in [2.24, 2.45) is 5.73 Å². The highest BCUT2D eigenvalue weighted by Crippen LogP contribution is 2.03. The lowest BCUT2D eigenvalue weighted by Crippen LogP contribution is -1.98. The Balaban J connectivity index is 0.00000121. The Kier molecular flexibility index (Phi) is 6.34. The Morgan fingerprint density at radius 3 is 2.25 bits per heavy atom. The van der Waals surface area contributed by atoms with Gasteiger partial charge in [-0.25, -0.2) is 0 Å². The van der Waals surface area contributed by atoms with Crippen LogP contribution in [0.25, 0.3) is 0 Å². The minimum absolute atomic E-state index is 0. The fourth-order valence-corrected chi connectivity index (χ4v) is 1.12. The normalized spacial score (nSPS) is 9.08. The first-order chi connectivity index (χ1) is 5.43. The van der Waals surface area contributed by atoms with Crippen molar-refractivity contribution in [3.63, 3.8) is 0 Å². The van der Waals surface area contributed by atoms with Gasteiger partial charge >= 0.3 is 0 Å². The zero-order valence-electron chi connectivity index (χ0n) is 7.29. The summed E-state index contributed by atoms with van der Waals surface area (Å²) in [5.74, 6) is 0. The van der Waals surface area contributed by atoms with Crippen molar-refractivity contribution in [1.29, 1.82) is 0 Å². The number of unbranched alkanes of at least 4 members (excludes halogenated alkanes) is 1. The van der Waals surface area contributed by atoms with Crippen LogP contribution in [0.4, 0.5) is 0 Å². The molecular formula is C10H17NO. The van der Waals surface area contributed by atoms with Gasteiger partial charge in [-0.15, -0.1) is 0 Å². The van der Waals surface area contributed by atoms with Crippen LogP contribution >= 0.6 is 0 Å². The van der Waals surface area contributed by atoms with E-state index in [2.05, 4.69) is 24.3 Å². The van der Waals surface area contributed by atoms with Crippen molar-refractivity contribution < 1.29 is 5.48 Å². The summed E-state index contributed by atoms with van der Waals surface area (Å²) in [7, 11) is 0. The van der Waals surface area contributed by atoms with Gasteiger partial charge in [0.15, 0.2) is 0 Å². The van der Waals surface area contributed by atoms with E-state index in [9.17, 15) is 0 Å². The van der Waals surface area contributed by atoms with Crippen molar-refractivity contribution in [2.45, 2.75) is 19.3 Å². The molecule has 0 aromatic heterocycles. The van der Waals surface area contributed by atoms with Crippen LogP contribution < -0.4 is 5.73 Å². The van der Waals surface area contributed by atoms with Crippen LogP contribution in [0.1, 0.15) is 18.4 Å². The zero-order chi connectivity index (χ0) is 7.94. The van der Waals surface area contributed by atoms with Crippen molar-refractivity contribution in [1.82, 2.24) is 0 Å². The van der Waals surface area contributed by atoms with Gasteiger partial charge in [0, 0.05) is 0 Å². The second-order valence-electron chi connectivity index (χ2n) is 2.73. The molecule has 1 rings (SSSR count). The number of hydrogen-bond donors (Lipinski definition) is 1. The fourth-order valence-electron chi connectivity index (χ4n) is 1.12. The maximum Gasteiger partial charge on any atom is -0.00772 e. The number of nitrogens with two attached hydrogens (primary N) is 1. The minimum atomic E-state index is 0. The van der Waals surface area contributed by atoms with E-state index in [0.29, 0.717) is 0 Å². The first kappa shape index (κ1) is 11.1. The van der Waals surface area contributed by atoms with Gasteiger partial charge in [-0.05, 0) is 31.4 Å². The van der Waals surface area contributed by atoms with Gasteiger partial charge in [-0.3, -0.25) is 0 Å². The molecule has 0 saturated heterocycles. The van der Waals surface area contributed by atoms with Crippen molar-refractivity contribution in [3.05, 3.63) is 35.9 Å². The minimum Gasteiger partial charge on any atom is -0.412 e. The molecule has 0 aliphatic rings. The van der Waals surface area contributed by atoms with Crippen molar-refractivity contribution >= 4 is 0 Å². The van der Waals surface area contributed by atoms with E-state index in [-0.39, 0.29) is 5.48 Å². The first-order valence-electron chi connectivity index (χ1n) is 4.17. The Hall–Kier alpha value is -0.860. The molecule has 0 atom stereocenters. The zero-order valence-corrected chi connectivity index (χ0v) is 7.29. The third-order valence-electron chi connectivity index (χ3n) is 1.76. The highest BCUT2D eigenvalue weighted by Gasteiger charge is 1.89. The molecule has 12 heavy (non-hydrogen) atoms. The molecule has 0 heterocycles. The summed E-state index contributed by atoms with van der Waals surface area (Å²) in [5, 5.41) is 0. The van der Waals surface area contributed by atoms with Crippen LogP contribution in [-0.4, -0.2) is 12.0 Å². The van der Waals surface area contributed by atoms with Crippen LogP contribution in [0.5, 0.6) is 0 Å². The topological polar surface area (TPSA) is 57.5 Å². The lowest BCUT2D eigenvalue weighted by Gasteiger charge is -1.98. The molecule has 2 heteroatoms. The highest BCUT2D eigenvalue weighted by atomic mass is 16.0. The quantitative estimate of drug-likeness (QED) is 0.672. The van der Waals surface area contributed by atoms with Gasteiger partial charge < -0.3 is 11.2 Å². The molecule has 68 valence electrons. The molecule has 0 saturated carbocycles. The molecule has 1 aromatic rings. The Morgan fingerprint density at radius 1 is 1.00 bits per heavy atom. The van der Waals surface area contributed by atoms with Gasteiger partial charge in [-0.2, -0.15) is 0 Å². The number of aryl methyl sites for hydroxylation is 1. The lowest BCUT2D eigenvalue weighted by molar-refractivity contribution is 0.745. The fraction of sp³-hybridized carbons (Fsp3) is 0.400. The van der Waals surface area contributed by atoms with E-state index in [1.165, 1.54) is 12.0 Å². The molecular weight excluding hydrogens is 150 g/mol. The predicted molar refractivity (Wildman–Crippen MR) is 52.0 cm³/mol. The van der Waals surface area contributed by atoms with Gasteiger partial charge in [0.1, 0.15) is 0 Å². The van der Waals surface area contributed by atoms with Crippen LogP contribution in [0, 0.1) is 0 Å². The third kappa shape index (κ3) is 4.11. The summed E-state index contributed by atoms with van der Waals surface area (Å²) < 4.78 is 0. The summed E-state index contributed by atoms with van der Waals surface area (Å²) in [6, 6.07) is 10.5.